The second-order valence-electron chi connectivity index (χ2n) is 7.69. The van der Waals surface area contributed by atoms with Crippen LogP contribution in [0.5, 0.6) is 5.75 Å². The number of amides is 1. The lowest BCUT2D eigenvalue weighted by Gasteiger charge is -2.23. The summed E-state index contributed by atoms with van der Waals surface area (Å²) in [7, 11) is -4.12. The molecule has 0 aliphatic heterocycles. The number of carbonyl (C=O) groups excluding carboxylic acids is 1. The smallest absolute Gasteiger partial charge is 0.339 e. The number of carbonyl (C=O) groups is 1. The van der Waals surface area contributed by atoms with Crippen LogP contribution < -0.4 is 4.18 Å². The van der Waals surface area contributed by atoms with Gasteiger partial charge < -0.3 is 9.08 Å². The first kappa shape index (κ1) is 22.0. The highest BCUT2D eigenvalue weighted by Gasteiger charge is 2.32. The molecule has 8 heteroatoms. The molecule has 32 heavy (non-hydrogen) atoms. The predicted molar refractivity (Wildman–Crippen MR) is 114 cm³/mol. The molecule has 0 saturated heterocycles. The number of hydrogen-bond acceptors (Lipinski definition) is 4. The monoisotopic (exact) mass is 457 g/mol. The minimum absolute atomic E-state index is 0.0793. The highest BCUT2D eigenvalue weighted by molar-refractivity contribution is 7.87. The Labute approximate surface area is 185 Å². The summed E-state index contributed by atoms with van der Waals surface area (Å²) in [6.45, 7) is 0.304. The minimum atomic E-state index is -4.12. The van der Waals surface area contributed by atoms with E-state index in [-0.39, 0.29) is 34.8 Å². The Morgan fingerprint density at radius 1 is 0.906 bits per heavy atom. The molecule has 1 amide bonds. The summed E-state index contributed by atoms with van der Waals surface area (Å²) in [5.74, 6) is -0.873. The Bertz CT molecular complexity index is 1210. The Balaban J connectivity index is 1.47. The van der Waals surface area contributed by atoms with Crippen molar-refractivity contribution in [2.45, 2.75) is 36.7 Å². The van der Waals surface area contributed by atoms with E-state index in [0.717, 1.165) is 48.2 Å². The van der Waals surface area contributed by atoms with Gasteiger partial charge in [-0.15, -0.1) is 0 Å². The van der Waals surface area contributed by atoms with Crippen LogP contribution in [0.2, 0.25) is 0 Å². The molecule has 1 aliphatic carbocycles. The predicted octanol–water partition coefficient (Wildman–Crippen LogP) is 4.47. The van der Waals surface area contributed by atoms with Crippen molar-refractivity contribution in [1.29, 1.82) is 0 Å². The largest absolute Gasteiger partial charge is 0.379 e. The molecule has 0 spiro atoms. The van der Waals surface area contributed by atoms with Gasteiger partial charge in [-0.05, 0) is 72.5 Å². The van der Waals surface area contributed by atoms with Crippen LogP contribution in [0.3, 0.4) is 0 Å². The number of benzene rings is 3. The van der Waals surface area contributed by atoms with Crippen LogP contribution in [0.15, 0.2) is 77.7 Å². The van der Waals surface area contributed by atoms with Gasteiger partial charge in [-0.1, -0.05) is 24.3 Å². The molecule has 0 atom stereocenters. The van der Waals surface area contributed by atoms with Gasteiger partial charge >= 0.3 is 10.1 Å². The third-order valence-corrected chi connectivity index (χ3v) is 6.40. The molecular formula is C24H21F2NO4S. The quantitative estimate of drug-likeness (QED) is 0.469. The molecule has 166 valence electrons. The number of hydrogen-bond donors (Lipinski definition) is 0. The van der Waals surface area contributed by atoms with Crippen molar-refractivity contribution in [3.8, 4) is 5.75 Å². The Morgan fingerprint density at radius 2 is 1.53 bits per heavy atom. The van der Waals surface area contributed by atoms with Crippen molar-refractivity contribution in [1.82, 2.24) is 4.90 Å². The van der Waals surface area contributed by atoms with Gasteiger partial charge in [0, 0.05) is 12.6 Å². The van der Waals surface area contributed by atoms with E-state index in [2.05, 4.69) is 0 Å². The normalized spacial score (nSPS) is 13.6. The van der Waals surface area contributed by atoms with Gasteiger partial charge in [0.05, 0.1) is 6.42 Å². The molecule has 1 fully saturated rings. The lowest BCUT2D eigenvalue weighted by Crippen LogP contribution is -2.33. The number of nitrogens with zero attached hydrogens (tertiary/aromatic N) is 1. The zero-order chi connectivity index (χ0) is 22.7. The first-order chi connectivity index (χ1) is 15.3. The molecule has 0 bridgehead atoms. The van der Waals surface area contributed by atoms with Crippen LogP contribution >= 0.6 is 0 Å². The summed E-state index contributed by atoms with van der Waals surface area (Å²) in [4.78, 5) is 14.5. The summed E-state index contributed by atoms with van der Waals surface area (Å²) in [6.07, 6.45) is 1.97. The maximum Gasteiger partial charge on any atom is 0.339 e. The van der Waals surface area contributed by atoms with Crippen molar-refractivity contribution in [2.75, 3.05) is 0 Å². The maximum atomic E-state index is 13.1. The van der Waals surface area contributed by atoms with E-state index in [9.17, 15) is 22.0 Å². The third kappa shape index (κ3) is 5.50. The molecule has 4 rings (SSSR count). The summed E-state index contributed by atoms with van der Waals surface area (Å²) >= 11 is 0. The highest BCUT2D eigenvalue weighted by atomic mass is 32.2. The van der Waals surface area contributed by atoms with Gasteiger partial charge in [-0.25, -0.2) is 8.78 Å². The fraction of sp³-hybridized carbons (Fsp3) is 0.208. The van der Waals surface area contributed by atoms with Crippen LogP contribution in [-0.4, -0.2) is 25.3 Å². The van der Waals surface area contributed by atoms with Gasteiger partial charge in [0.2, 0.25) is 5.91 Å². The standard InChI is InChI=1S/C24H21F2NO4S/c25-19-6-4-17(5-7-19)15-24(28)27(21-10-11-21)16-18-2-1-3-22(14-18)31-32(29,30)23-12-8-20(26)9-13-23/h1-9,12-14,21H,10-11,15-16H2. The van der Waals surface area contributed by atoms with Crippen LogP contribution in [0.4, 0.5) is 8.78 Å². The molecule has 0 heterocycles. The lowest BCUT2D eigenvalue weighted by atomic mass is 10.1. The van der Waals surface area contributed by atoms with E-state index >= 15 is 0 Å². The SMILES string of the molecule is O=C(Cc1ccc(F)cc1)N(Cc1cccc(OS(=O)(=O)c2ccc(F)cc2)c1)C1CC1. The Morgan fingerprint density at radius 3 is 2.16 bits per heavy atom. The van der Waals surface area contributed by atoms with Crippen molar-refractivity contribution in [3.05, 3.63) is 95.6 Å². The van der Waals surface area contributed by atoms with Gasteiger partial charge in [-0.3, -0.25) is 4.79 Å². The topological polar surface area (TPSA) is 63.7 Å². The second-order valence-corrected chi connectivity index (χ2v) is 9.24. The minimum Gasteiger partial charge on any atom is -0.379 e. The van der Waals surface area contributed by atoms with Crippen LogP contribution in [0.1, 0.15) is 24.0 Å². The highest BCUT2D eigenvalue weighted by Crippen LogP contribution is 2.30. The molecular weight excluding hydrogens is 436 g/mol. The van der Waals surface area contributed by atoms with E-state index in [1.165, 1.54) is 18.2 Å². The lowest BCUT2D eigenvalue weighted by molar-refractivity contribution is -0.131. The molecule has 1 saturated carbocycles. The van der Waals surface area contributed by atoms with Gasteiger partial charge in [0.15, 0.2) is 0 Å². The fourth-order valence-corrected chi connectivity index (χ4v) is 4.28. The van der Waals surface area contributed by atoms with Crippen molar-refractivity contribution < 1.29 is 26.2 Å². The molecule has 3 aromatic carbocycles. The van der Waals surface area contributed by atoms with Crippen molar-refractivity contribution in [2.24, 2.45) is 0 Å². The number of rotatable bonds is 8. The van der Waals surface area contributed by atoms with Gasteiger partial charge in [-0.2, -0.15) is 8.42 Å². The Kier molecular flexibility index (Phi) is 6.23. The molecule has 0 N–H and O–H groups in total. The molecule has 5 nitrogen and oxygen atoms in total. The van der Waals surface area contributed by atoms with E-state index in [1.54, 1.807) is 35.2 Å². The molecule has 0 unspecified atom stereocenters. The van der Waals surface area contributed by atoms with E-state index < -0.39 is 15.9 Å². The number of halogens is 2. The maximum absolute atomic E-state index is 13.1. The molecule has 3 aromatic rings. The van der Waals surface area contributed by atoms with Crippen LogP contribution in [-0.2, 0) is 27.9 Å². The summed E-state index contributed by atoms with van der Waals surface area (Å²) in [5.41, 5.74) is 1.45. The Hall–Kier alpha value is -3.26. The van der Waals surface area contributed by atoms with Crippen molar-refractivity contribution >= 4 is 16.0 Å². The molecule has 0 aromatic heterocycles. The van der Waals surface area contributed by atoms with Crippen LogP contribution in [0.25, 0.3) is 0 Å². The summed E-state index contributed by atoms with van der Waals surface area (Å²) < 4.78 is 56.3. The van der Waals surface area contributed by atoms with E-state index in [1.807, 2.05) is 0 Å². The first-order valence-corrected chi connectivity index (χ1v) is 11.5. The van der Waals surface area contributed by atoms with Gasteiger partial charge in [0.1, 0.15) is 22.3 Å². The molecule has 1 aliphatic rings. The second kappa shape index (κ2) is 9.08. The summed E-state index contributed by atoms with van der Waals surface area (Å²) in [6, 6.07) is 16.9. The van der Waals surface area contributed by atoms with Crippen LogP contribution in [0, 0.1) is 11.6 Å². The zero-order valence-electron chi connectivity index (χ0n) is 17.1. The van der Waals surface area contributed by atoms with Gasteiger partial charge in [0.25, 0.3) is 0 Å². The first-order valence-electron chi connectivity index (χ1n) is 10.1. The van der Waals surface area contributed by atoms with Crippen molar-refractivity contribution in [3.63, 3.8) is 0 Å². The van der Waals surface area contributed by atoms with E-state index in [0.29, 0.717) is 6.54 Å². The summed E-state index contributed by atoms with van der Waals surface area (Å²) in [5, 5.41) is 0. The van der Waals surface area contributed by atoms with E-state index in [4.69, 9.17) is 4.18 Å². The average molecular weight is 457 g/mol. The average Bonchev–Trinajstić information content (AvgIpc) is 3.59. The molecule has 0 radical (unpaired) electrons. The third-order valence-electron chi connectivity index (χ3n) is 5.14. The fourth-order valence-electron chi connectivity index (χ4n) is 3.35. The zero-order valence-corrected chi connectivity index (χ0v) is 17.9.